The smallest absolute Gasteiger partial charge is 0.380 e. The highest BCUT2D eigenvalue weighted by Crippen LogP contribution is 2.27. The Hall–Kier alpha value is -3.01. The summed E-state index contributed by atoms with van der Waals surface area (Å²) in [4.78, 5) is 19.8. The van der Waals surface area contributed by atoms with Gasteiger partial charge < -0.3 is 10.1 Å². The highest BCUT2D eigenvalue weighted by Gasteiger charge is 2.36. The van der Waals surface area contributed by atoms with Gasteiger partial charge in [-0.05, 0) is 37.0 Å². The number of carbonyl (C=O) groups is 1. The van der Waals surface area contributed by atoms with Crippen LogP contribution >= 0.6 is 0 Å². The third-order valence-corrected chi connectivity index (χ3v) is 4.73. The summed E-state index contributed by atoms with van der Waals surface area (Å²) in [5.41, 5.74) is 3.70. The minimum atomic E-state index is -4.64. The van der Waals surface area contributed by atoms with Crippen LogP contribution in [0.2, 0.25) is 0 Å². The SMILES string of the molecule is COCc1ccc(CNC(=O)CCc2c(C)nc3nc(C(F)(F)F)nn3c2C)cc1. The third-order valence-electron chi connectivity index (χ3n) is 4.73. The quantitative estimate of drug-likeness (QED) is 0.634. The summed E-state index contributed by atoms with van der Waals surface area (Å²) < 4.78 is 44.8. The fraction of sp³-hybridized carbons (Fsp3) is 0.400. The maximum atomic E-state index is 12.9. The number of benzene rings is 1. The van der Waals surface area contributed by atoms with Crippen LogP contribution in [0.15, 0.2) is 24.3 Å². The molecular weight excluding hydrogens is 399 g/mol. The molecule has 0 radical (unpaired) electrons. The van der Waals surface area contributed by atoms with Gasteiger partial charge >= 0.3 is 6.18 Å². The largest absolute Gasteiger partial charge is 0.453 e. The molecule has 0 spiro atoms. The van der Waals surface area contributed by atoms with Crippen LogP contribution in [0.25, 0.3) is 5.78 Å². The maximum Gasteiger partial charge on any atom is 0.453 e. The zero-order valence-corrected chi connectivity index (χ0v) is 16.9. The topological polar surface area (TPSA) is 81.4 Å². The van der Waals surface area contributed by atoms with E-state index in [0.717, 1.165) is 15.6 Å². The molecule has 0 fully saturated rings. The van der Waals surface area contributed by atoms with Crippen molar-refractivity contribution in [2.24, 2.45) is 0 Å². The van der Waals surface area contributed by atoms with E-state index in [-0.39, 0.29) is 18.1 Å². The van der Waals surface area contributed by atoms with Crippen molar-refractivity contribution in [2.75, 3.05) is 7.11 Å². The second-order valence-corrected chi connectivity index (χ2v) is 6.93. The number of rotatable bonds is 7. The zero-order chi connectivity index (χ0) is 21.9. The van der Waals surface area contributed by atoms with Crippen molar-refractivity contribution < 1.29 is 22.7 Å². The average molecular weight is 421 g/mol. The minimum Gasteiger partial charge on any atom is -0.380 e. The van der Waals surface area contributed by atoms with Crippen molar-refractivity contribution in [1.29, 1.82) is 0 Å². The predicted octanol–water partition coefficient (Wildman–Crippen LogP) is 3.16. The summed E-state index contributed by atoms with van der Waals surface area (Å²) in [5.74, 6) is -1.50. The number of methoxy groups -OCH3 is 1. The van der Waals surface area contributed by atoms with Crippen molar-refractivity contribution in [1.82, 2.24) is 24.9 Å². The Balaban J connectivity index is 1.63. The van der Waals surface area contributed by atoms with Gasteiger partial charge in [-0.1, -0.05) is 24.3 Å². The summed E-state index contributed by atoms with van der Waals surface area (Å²) in [6.07, 6.45) is -4.13. The standard InChI is InChI=1S/C20H22F3N5O2/c1-12-16(13(2)28-19(25-12)26-18(27-28)20(21,22)23)8-9-17(29)24-10-14-4-6-15(7-5-14)11-30-3/h4-7H,8-11H2,1-3H3,(H,24,29). The molecule has 2 aromatic heterocycles. The molecule has 1 amide bonds. The Kier molecular flexibility index (Phi) is 6.35. The molecule has 0 aliphatic rings. The molecule has 10 heteroatoms. The molecule has 7 nitrogen and oxygen atoms in total. The summed E-state index contributed by atoms with van der Waals surface area (Å²) in [5, 5.41) is 6.36. The number of aryl methyl sites for hydroxylation is 2. The van der Waals surface area contributed by atoms with E-state index in [0.29, 0.717) is 36.5 Å². The van der Waals surface area contributed by atoms with Gasteiger partial charge in [-0.2, -0.15) is 18.2 Å². The number of halogens is 3. The fourth-order valence-electron chi connectivity index (χ4n) is 3.14. The lowest BCUT2D eigenvalue weighted by Crippen LogP contribution is -2.23. The zero-order valence-electron chi connectivity index (χ0n) is 16.9. The summed E-state index contributed by atoms with van der Waals surface area (Å²) in [7, 11) is 1.63. The molecule has 1 aromatic carbocycles. The van der Waals surface area contributed by atoms with E-state index in [1.165, 1.54) is 0 Å². The van der Waals surface area contributed by atoms with Crippen molar-refractivity contribution in [3.63, 3.8) is 0 Å². The van der Waals surface area contributed by atoms with Crippen LogP contribution in [-0.2, 0) is 35.3 Å². The van der Waals surface area contributed by atoms with Gasteiger partial charge in [0, 0.05) is 31.5 Å². The summed E-state index contributed by atoms with van der Waals surface area (Å²) in [6, 6.07) is 7.71. The van der Waals surface area contributed by atoms with Crippen LogP contribution in [0, 0.1) is 13.8 Å². The number of ether oxygens (including phenoxy) is 1. The number of nitrogens with zero attached hydrogens (tertiary/aromatic N) is 4. The Bertz CT molecular complexity index is 1050. The number of nitrogens with one attached hydrogen (secondary N) is 1. The molecule has 3 aromatic rings. The lowest BCUT2D eigenvalue weighted by molar-refractivity contribution is -0.144. The van der Waals surface area contributed by atoms with Crippen LogP contribution in [0.1, 0.15) is 40.3 Å². The van der Waals surface area contributed by atoms with E-state index in [4.69, 9.17) is 4.74 Å². The number of carbonyl (C=O) groups excluding carboxylic acids is 1. The van der Waals surface area contributed by atoms with Gasteiger partial charge in [0.1, 0.15) is 0 Å². The molecule has 3 rings (SSSR count). The molecule has 0 unspecified atom stereocenters. The molecule has 2 heterocycles. The first-order valence-corrected chi connectivity index (χ1v) is 9.32. The molecule has 0 aliphatic carbocycles. The van der Waals surface area contributed by atoms with Crippen LogP contribution in [0.4, 0.5) is 13.2 Å². The first kappa shape index (κ1) is 21.7. The number of aromatic nitrogens is 4. The van der Waals surface area contributed by atoms with Crippen molar-refractivity contribution >= 4 is 11.7 Å². The predicted molar refractivity (Wildman–Crippen MR) is 103 cm³/mol. The van der Waals surface area contributed by atoms with Gasteiger partial charge in [0.25, 0.3) is 11.6 Å². The number of hydrogen-bond donors (Lipinski definition) is 1. The Morgan fingerprint density at radius 2 is 1.80 bits per heavy atom. The number of fused-ring (bicyclic) bond motifs is 1. The van der Waals surface area contributed by atoms with Gasteiger partial charge in [0.05, 0.1) is 6.61 Å². The van der Waals surface area contributed by atoms with Gasteiger partial charge in [-0.3, -0.25) is 4.79 Å². The number of amides is 1. The van der Waals surface area contributed by atoms with Crippen molar-refractivity contribution in [3.8, 4) is 0 Å². The highest BCUT2D eigenvalue weighted by molar-refractivity contribution is 5.76. The molecule has 30 heavy (non-hydrogen) atoms. The molecule has 0 bridgehead atoms. The maximum absolute atomic E-state index is 12.9. The van der Waals surface area contributed by atoms with E-state index in [1.54, 1.807) is 21.0 Å². The van der Waals surface area contributed by atoms with Crippen LogP contribution in [-0.4, -0.2) is 32.6 Å². The van der Waals surface area contributed by atoms with Gasteiger partial charge in [-0.15, -0.1) is 5.10 Å². The number of hydrogen-bond acceptors (Lipinski definition) is 5. The van der Waals surface area contributed by atoms with Gasteiger partial charge in [-0.25, -0.2) is 9.50 Å². The van der Waals surface area contributed by atoms with Crippen molar-refractivity contribution in [3.05, 3.63) is 58.2 Å². The normalized spacial score (nSPS) is 11.8. The third kappa shape index (κ3) is 4.93. The van der Waals surface area contributed by atoms with E-state index in [9.17, 15) is 18.0 Å². The van der Waals surface area contributed by atoms with E-state index in [2.05, 4.69) is 20.4 Å². The van der Waals surface area contributed by atoms with Gasteiger partial charge in [0.15, 0.2) is 0 Å². The van der Waals surface area contributed by atoms with Gasteiger partial charge in [0.2, 0.25) is 5.91 Å². The first-order valence-electron chi connectivity index (χ1n) is 9.32. The second kappa shape index (κ2) is 8.78. The first-order chi connectivity index (χ1) is 14.2. The lowest BCUT2D eigenvalue weighted by Gasteiger charge is -2.11. The highest BCUT2D eigenvalue weighted by atomic mass is 19.4. The fourth-order valence-corrected chi connectivity index (χ4v) is 3.14. The second-order valence-electron chi connectivity index (χ2n) is 6.93. The molecule has 0 atom stereocenters. The average Bonchev–Trinajstić information content (AvgIpc) is 3.12. The molecule has 1 N–H and O–H groups in total. The summed E-state index contributed by atoms with van der Waals surface area (Å²) in [6.45, 7) is 4.24. The van der Waals surface area contributed by atoms with Crippen LogP contribution in [0.5, 0.6) is 0 Å². The molecular formula is C20H22F3N5O2. The van der Waals surface area contributed by atoms with Crippen molar-refractivity contribution in [2.45, 2.75) is 46.0 Å². The van der Waals surface area contributed by atoms with E-state index >= 15 is 0 Å². The van der Waals surface area contributed by atoms with E-state index in [1.807, 2.05) is 24.3 Å². The van der Waals surface area contributed by atoms with Crippen LogP contribution in [0.3, 0.4) is 0 Å². The molecule has 0 aliphatic heterocycles. The van der Waals surface area contributed by atoms with Crippen LogP contribution < -0.4 is 5.32 Å². The molecule has 0 saturated carbocycles. The Morgan fingerprint density at radius 3 is 2.43 bits per heavy atom. The van der Waals surface area contributed by atoms with E-state index < -0.39 is 12.0 Å². The molecule has 0 saturated heterocycles. The Morgan fingerprint density at radius 1 is 1.13 bits per heavy atom. The summed E-state index contributed by atoms with van der Waals surface area (Å²) >= 11 is 0. The monoisotopic (exact) mass is 421 g/mol. The lowest BCUT2D eigenvalue weighted by atomic mass is 10.1. The minimum absolute atomic E-state index is 0.109. The number of alkyl halides is 3. The Labute approximate surface area is 171 Å². The molecule has 160 valence electrons.